The highest BCUT2D eigenvalue weighted by Gasteiger charge is 2.20. The van der Waals surface area contributed by atoms with E-state index in [4.69, 9.17) is 4.74 Å². The molecule has 6 nitrogen and oxygen atoms in total. The minimum Gasteiger partial charge on any atom is -0.466 e. The predicted octanol–water partition coefficient (Wildman–Crippen LogP) is 20.8. The Bertz CT molecular complexity index is 1180. The van der Waals surface area contributed by atoms with Gasteiger partial charge in [0.1, 0.15) is 0 Å². The van der Waals surface area contributed by atoms with Gasteiger partial charge in [-0.25, -0.2) is 0 Å². The summed E-state index contributed by atoms with van der Waals surface area (Å²) in [6, 6.07) is -0.543. The van der Waals surface area contributed by atoms with Crippen molar-refractivity contribution in [3.63, 3.8) is 0 Å². The number of esters is 1. The number of unbranched alkanes of at least 4 members (excludes halogenated alkanes) is 44. The van der Waals surface area contributed by atoms with Gasteiger partial charge in [0.25, 0.3) is 0 Å². The van der Waals surface area contributed by atoms with Crippen molar-refractivity contribution in [2.75, 3.05) is 13.2 Å². The first-order valence-electron chi connectivity index (χ1n) is 32.7. The van der Waals surface area contributed by atoms with Crippen molar-refractivity contribution in [3.8, 4) is 0 Å². The Morgan fingerprint density at radius 1 is 0.384 bits per heavy atom. The van der Waals surface area contributed by atoms with Gasteiger partial charge in [-0.1, -0.05) is 294 Å². The van der Waals surface area contributed by atoms with Gasteiger partial charge in [-0.2, -0.15) is 0 Å². The van der Waals surface area contributed by atoms with Gasteiger partial charge in [-0.3, -0.25) is 9.59 Å². The standard InChI is InChI=1S/C67H127NO5/c1-3-5-7-9-11-13-15-17-19-33-37-41-45-49-53-57-61-67(72)73-62-58-54-50-46-42-38-34-31-29-27-25-23-21-20-22-24-26-28-30-32-36-40-44-48-52-56-60-66(71)68-64(63-69)65(70)59-55-51-47-43-39-35-18-16-14-12-10-8-6-4-2/h13,15,19-20,22,33,64-65,69-70H,3-12,14,16-18,21,23-32,34-63H2,1-2H3,(H,68,71)/b15-13-,22-20-,33-19-. The van der Waals surface area contributed by atoms with Gasteiger partial charge in [-0.15, -0.1) is 0 Å². The molecule has 0 saturated carbocycles. The van der Waals surface area contributed by atoms with E-state index >= 15 is 0 Å². The van der Waals surface area contributed by atoms with E-state index in [-0.39, 0.29) is 18.5 Å². The van der Waals surface area contributed by atoms with Crippen molar-refractivity contribution in [2.24, 2.45) is 0 Å². The summed E-state index contributed by atoms with van der Waals surface area (Å²) in [6.45, 7) is 4.95. The first kappa shape index (κ1) is 71.1. The lowest BCUT2D eigenvalue weighted by Crippen LogP contribution is -2.45. The molecule has 2 atom stereocenters. The average Bonchev–Trinajstić information content (AvgIpc) is 3.39. The van der Waals surface area contributed by atoms with E-state index in [2.05, 4.69) is 55.6 Å². The number of hydrogen-bond acceptors (Lipinski definition) is 5. The maximum absolute atomic E-state index is 12.5. The lowest BCUT2D eigenvalue weighted by Gasteiger charge is -2.22. The summed E-state index contributed by atoms with van der Waals surface area (Å²) >= 11 is 0. The normalized spacial score (nSPS) is 12.8. The highest BCUT2D eigenvalue weighted by molar-refractivity contribution is 5.76. The number of nitrogens with one attached hydrogen (secondary N) is 1. The van der Waals surface area contributed by atoms with Crippen LogP contribution in [0.4, 0.5) is 0 Å². The molecule has 0 aliphatic carbocycles. The molecule has 0 aliphatic heterocycles. The third-order valence-electron chi connectivity index (χ3n) is 15.2. The number of aliphatic hydroxyl groups excluding tert-OH is 2. The molecule has 6 heteroatoms. The molecule has 0 bridgehead atoms. The Morgan fingerprint density at radius 3 is 1.07 bits per heavy atom. The minimum absolute atomic E-state index is 0.00101. The van der Waals surface area contributed by atoms with E-state index in [0.29, 0.717) is 25.9 Å². The molecule has 3 N–H and O–H groups in total. The van der Waals surface area contributed by atoms with E-state index in [9.17, 15) is 19.8 Å². The van der Waals surface area contributed by atoms with Crippen molar-refractivity contribution in [1.29, 1.82) is 0 Å². The van der Waals surface area contributed by atoms with Gasteiger partial charge in [-0.05, 0) is 83.5 Å². The minimum atomic E-state index is -0.665. The highest BCUT2D eigenvalue weighted by Crippen LogP contribution is 2.18. The van der Waals surface area contributed by atoms with Crippen LogP contribution in [0.15, 0.2) is 36.5 Å². The molecule has 0 aromatic heterocycles. The topological polar surface area (TPSA) is 95.9 Å². The molecule has 0 heterocycles. The number of hydrogen-bond donors (Lipinski definition) is 3. The number of aliphatic hydroxyl groups is 2. The number of ether oxygens (including phenoxy) is 1. The molecule has 1 amide bonds. The molecule has 0 aromatic rings. The number of allylic oxidation sites excluding steroid dienone is 6. The maximum atomic E-state index is 12.5. The van der Waals surface area contributed by atoms with E-state index in [1.54, 1.807) is 0 Å². The molecule has 0 saturated heterocycles. The second kappa shape index (κ2) is 62.6. The summed E-state index contributed by atoms with van der Waals surface area (Å²) in [6.07, 6.45) is 78.8. The van der Waals surface area contributed by atoms with Crippen molar-refractivity contribution in [1.82, 2.24) is 5.32 Å². The van der Waals surface area contributed by atoms with Crippen LogP contribution in [0, 0.1) is 0 Å². The zero-order chi connectivity index (χ0) is 52.9. The van der Waals surface area contributed by atoms with Crippen LogP contribution in [-0.2, 0) is 14.3 Å². The Morgan fingerprint density at radius 2 is 0.685 bits per heavy atom. The van der Waals surface area contributed by atoms with Crippen molar-refractivity contribution < 1.29 is 24.5 Å². The van der Waals surface area contributed by atoms with Gasteiger partial charge in [0.15, 0.2) is 0 Å². The van der Waals surface area contributed by atoms with E-state index in [0.717, 1.165) is 51.4 Å². The SMILES string of the molecule is CCCCCC/C=C\C/C=C\CCCCCCCC(=O)OCCCCCCCCCCCCCC/C=C\CCCCCCCCCCCCC(=O)NC(CO)C(O)CCCCCCCCCCCCCCCC. The zero-order valence-corrected chi connectivity index (χ0v) is 49.1. The van der Waals surface area contributed by atoms with Gasteiger partial charge in [0, 0.05) is 12.8 Å². The lowest BCUT2D eigenvalue weighted by molar-refractivity contribution is -0.143. The average molecular weight is 1030 g/mol. The molecule has 73 heavy (non-hydrogen) atoms. The van der Waals surface area contributed by atoms with E-state index in [1.165, 1.54) is 270 Å². The first-order valence-corrected chi connectivity index (χ1v) is 32.7. The summed E-state index contributed by atoms with van der Waals surface area (Å²) in [5.74, 6) is -0.0345. The quantitative estimate of drug-likeness (QED) is 0.0320. The van der Waals surface area contributed by atoms with Gasteiger partial charge >= 0.3 is 5.97 Å². The van der Waals surface area contributed by atoms with Gasteiger partial charge < -0.3 is 20.3 Å². The molecular weight excluding hydrogens is 899 g/mol. The summed E-state index contributed by atoms with van der Waals surface area (Å²) < 4.78 is 5.48. The Labute approximate surface area is 455 Å². The van der Waals surface area contributed by atoms with Crippen LogP contribution in [0.5, 0.6) is 0 Å². The van der Waals surface area contributed by atoms with Crippen LogP contribution in [-0.4, -0.2) is 47.4 Å². The van der Waals surface area contributed by atoms with Crippen molar-refractivity contribution in [2.45, 2.75) is 366 Å². The van der Waals surface area contributed by atoms with E-state index in [1.807, 2.05) is 0 Å². The Balaban J connectivity index is 3.39. The van der Waals surface area contributed by atoms with Crippen LogP contribution in [0.1, 0.15) is 354 Å². The second-order valence-electron chi connectivity index (χ2n) is 22.4. The molecule has 430 valence electrons. The van der Waals surface area contributed by atoms with Crippen molar-refractivity contribution >= 4 is 11.9 Å². The zero-order valence-electron chi connectivity index (χ0n) is 49.1. The van der Waals surface area contributed by atoms with E-state index < -0.39 is 12.1 Å². The highest BCUT2D eigenvalue weighted by atomic mass is 16.5. The fourth-order valence-electron chi connectivity index (χ4n) is 10.1. The Kier molecular flexibility index (Phi) is 61.0. The largest absolute Gasteiger partial charge is 0.466 e. The molecule has 0 aromatic carbocycles. The number of rotatable bonds is 61. The molecule has 2 unspecified atom stereocenters. The summed E-state index contributed by atoms with van der Waals surface area (Å²) in [5, 5.41) is 23.3. The molecule has 0 aliphatic rings. The molecule has 0 spiro atoms. The number of amides is 1. The van der Waals surface area contributed by atoms with Crippen LogP contribution in [0.25, 0.3) is 0 Å². The summed E-state index contributed by atoms with van der Waals surface area (Å²) in [5.41, 5.74) is 0. The fraction of sp³-hybridized carbons (Fsp3) is 0.881. The van der Waals surface area contributed by atoms with Gasteiger partial charge in [0.05, 0.1) is 25.4 Å². The van der Waals surface area contributed by atoms with Crippen LogP contribution in [0.2, 0.25) is 0 Å². The maximum Gasteiger partial charge on any atom is 0.305 e. The van der Waals surface area contributed by atoms with Gasteiger partial charge in [0.2, 0.25) is 5.91 Å². The second-order valence-corrected chi connectivity index (χ2v) is 22.4. The van der Waals surface area contributed by atoms with Crippen LogP contribution in [0.3, 0.4) is 0 Å². The van der Waals surface area contributed by atoms with Crippen LogP contribution < -0.4 is 5.32 Å². The molecule has 0 radical (unpaired) electrons. The summed E-state index contributed by atoms with van der Waals surface area (Å²) in [7, 11) is 0. The van der Waals surface area contributed by atoms with Crippen LogP contribution >= 0.6 is 0 Å². The third-order valence-corrected chi connectivity index (χ3v) is 15.2. The molecular formula is C67H127NO5. The number of carbonyl (C=O) groups is 2. The fourth-order valence-corrected chi connectivity index (χ4v) is 10.1. The van der Waals surface area contributed by atoms with Crippen molar-refractivity contribution in [3.05, 3.63) is 36.5 Å². The first-order chi connectivity index (χ1) is 36.0. The Hall–Kier alpha value is -1.92. The molecule has 0 rings (SSSR count). The summed E-state index contributed by atoms with van der Waals surface area (Å²) in [4.78, 5) is 24.6. The predicted molar refractivity (Wildman–Crippen MR) is 319 cm³/mol. The third kappa shape index (κ3) is 59.2. The smallest absolute Gasteiger partial charge is 0.305 e. The lowest BCUT2D eigenvalue weighted by atomic mass is 10.0. The number of carbonyl (C=O) groups excluding carboxylic acids is 2. The monoisotopic (exact) mass is 1030 g/mol. The molecule has 0 fully saturated rings.